The highest BCUT2D eigenvalue weighted by molar-refractivity contribution is 6.04. The third kappa shape index (κ3) is 2.50. The SMILES string of the molecule is Cc1cc(NC(=O)c2cn[nH]c2C)ccc1-n1cnnn1. The molecule has 2 aromatic heterocycles. The average Bonchev–Trinajstić information content (AvgIpc) is 3.10. The first-order valence-electron chi connectivity index (χ1n) is 6.30. The van der Waals surface area contributed by atoms with Crippen LogP contribution in [-0.2, 0) is 0 Å². The molecule has 1 amide bonds. The number of tetrazole rings is 1. The quantitative estimate of drug-likeness (QED) is 0.753. The molecule has 0 radical (unpaired) electrons. The van der Waals surface area contributed by atoms with Gasteiger partial charge in [0.25, 0.3) is 5.91 Å². The fourth-order valence-corrected chi connectivity index (χ4v) is 2.04. The highest BCUT2D eigenvalue weighted by Gasteiger charge is 2.12. The number of aryl methyl sites for hydroxylation is 2. The Kier molecular flexibility index (Phi) is 3.19. The second-order valence-corrected chi connectivity index (χ2v) is 4.62. The van der Waals surface area contributed by atoms with E-state index in [0.29, 0.717) is 11.3 Å². The molecule has 8 heteroatoms. The predicted molar refractivity (Wildman–Crippen MR) is 75.2 cm³/mol. The van der Waals surface area contributed by atoms with Crippen LogP contribution in [-0.4, -0.2) is 36.3 Å². The molecule has 21 heavy (non-hydrogen) atoms. The minimum absolute atomic E-state index is 0.198. The lowest BCUT2D eigenvalue weighted by Gasteiger charge is -2.09. The molecular weight excluding hydrogens is 270 g/mol. The number of rotatable bonds is 3. The van der Waals surface area contributed by atoms with E-state index in [1.165, 1.54) is 12.5 Å². The van der Waals surface area contributed by atoms with Crippen LogP contribution in [0, 0.1) is 13.8 Å². The summed E-state index contributed by atoms with van der Waals surface area (Å²) < 4.78 is 1.57. The van der Waals surface area contributed by atoms with Gasteiger partial charge in [-0.15, -0.1) is 5.10 Å². The van der Waals surface area contributed by atoms with E-state index in [1.807, 2.05) is 19.1 Å². The average molecular weight is 283 g/mol. The van der Waals surface area contributed by atoms with E-state index < -0.39 is 0 Å². The number of hydrogen-bond acceptors (Lipinski definition) is 5. The molecular formula is C13H13N7O. The van der Waals surface area contributed by atoms with Crippen LogP contribution in [0.15, 0.2) is 30.7 Å². The van der Waals surface area contributed by atoms with Crippen molar-refractivity contribution < 1.29 is 4.79 Å². The van der Waals surface area contributed by atoms with Crippen molar-refractivity contribution in [2.45, 2.75) is 13.8 Å². The zero-order chi connectivity index (χ0) is 14.8. The monoisotopic (exact) mass is 283 g/mol. The van der Waals surface area contributed by atoms with Gasteiger partial charge < -0.3 is 5.32 Å². The van der Waals surface area contributed by atoms with Crippen LogP contribution >= 0.6 is 0 Å². The van der Waals surface area contributed by atoms with Gasteiger partial charge in [0.05, 0.1) is 17.4 Å². The van der Waals surface area contributed by atoms with Crippen molar-refractivity contribution in [1.82, 2.24) is 30.4 Å². The summed E-state index contributed by atoms with van der Waals surface area (Å²) in [6, 6.07) is 5.52. The van der Waals surface area contributed by atoms with Crippen molar-refractivity contribution >= 4 is 11.6 Å². The van der Waals surface area contributed by atoms with Gasteiger partial charge in [-0.05, 0) is 48.0 Å². The maximum Gasteiger partial charge on any atom is 0.259 e. The summed E-state index contributed by atoms with van der Waals surface area (Å²) >= 11 is 0. The molecule has 0 bridgehead atoms. The van der Waals surface area contributed by atoms with Crippen LogP contribution < -0.4 is 5.32 Å². The molecule has 2 heterocycles. The Morgan fingerprint density at radius 1 is 1.33 bits per heavy atom. The third-order valence-corrected chi connectivity index (χ3v) is 3.13. The van der Waals surface area contributed by atoms with Crippen molar-refractivity contribution in [3.63, 3.8) is 0 Å². The third-order valence-electron chi connectivity index (χ3n) is 3.13. The number of hydrogen-bond donors (Lipinski definition) is 2. The van der Waals surface area contributed by atoms with E-state index >= 15 is 0 Å². The lowest BCUT2D eigenvalue weighted by Crippen LogP contribution is -2.12. The van der Waals surface area contributed by atoms with Crippen LogP contribution in [0.4, 0.5) is 5.69 Å². The first kappa shape index (κ1) is 13.0. The second-order valence-electron chi connectivity index (χ2n) is 4.62. The number of nitrogens with zero attached hydrogens (tertiary/aromatic N) is 5. The Morgan fingerprint density at radius 3 is 2.81 bits per heavy atom. The standard InChI is InChI=1S/C13H13N7O/c1-8-5-10(3-4-12(8)20-7-15-18-19-20)16-13(21)11-6-14-17-9(11)2/h3-7H,1-2H3,(H,14,17)(H,16,21). The van der Waals surface area contributed by atoms with Gasteiger partial charge in [-0.3, -0.25) is 9.89 Å². The molecule has 3 aromatic rings. The summed E-state index contributed by atoms with van der Waals surface area (Å²) in [4.78, 5) is 12.1. The Morgan fingerprint density at radius 2 is 2.19 bits per heavy atom. The number of H-pyrrole nitrogens is 1. The summed E-state index contributed by atoms with van der Waals surface area (Å²) in [7, 11) is 0. The van der Waals surface area contributed by atoms with Gasteiger partial charge in [0.15, 0.2) is 0 Å². The summed E-state index contributed by atoms with van der Waals surface area (Å²) in [5.74, 6) is -0.198. The van der Waals surface area contributed by atoms with Gasteiger partial charge in [-0.25, -0.2) is 4.68 Å². The Balaban J connectivity index is 1.83. The molecule has 2 N–H and O–H groups in total. The number of aromatic nitrogens is 6. The van der Waals surface area contributed by atoms with E-state index in [9.17, 15) is 4.79 Å². The number of anilines is 1. The maximum atomic E-state index is 12.1. The van der Waals surface area contributed by atoms with E-state index in [2.05, 4.69) is 31.0 Å². The summed E-state index contributed by atoms with van der Waals surface area (Å²) in [6.07, 6.45) is 3.03. The molecule has 1 aromatic carbocycles. The molecule has 3 rings (SSSR count). The van der Waals surface area contributed by atoms with E-state index in [0.717, 1.165) is 16.9 Å². The van der Waals surface area contributed by atoms with Crippen molar-refractivity contribution in [3.05, 3.63) is 47.5 Å². The van der Waals surface area contributed by atoms with Gasteiger partial charge >= 0.3 is 0 Å². The van der Waals surface area contributed by atoms with E-state index in [4.69, 9.17) is 0 Å². The van der Waals surface area contributed by atoms with Gasteiger partial charge in [0.2, 0.25) is 0 Å². The van der Waals surface area contributed by atoms with Gasteiger partial charge in [-0.1, -0.05) is 0 Å². The predicted octanol–water partition coefficient (Wildman–Crippen LogP) is 1.25. The molecule has 0 spiro atoms. The highest BCUT2D eigenvalue weighted by atomic mass is 16.1. The molecule has 0 aliphatic carbocycles. The fraction of sp³-hybridized carbons (Fsp3) is 0.154. The molecule has 0 aliphatic heterocycles. The molecule has 0 aliphatic rings. The van der Waals surface area contributed by atoms with Crippen LogP contribution in [0.5, 0.6) is 0 Å². The lowest BCUT2D eigenvalue weighted by atomic mass is 10.1. The molecule has 0 atom stereocenters. The van der Waals surface area contributed by atoms with Crippen LogP contribution in [0.3, 0.4) is 0 Å². The molecule has 0 unspecified atom stereocenters. The van der Waals surface area contributed by atoms with Crippen molar-refractivity contribution in [1.29, 1.82) is 0 Å². The number of carbonyl (C=O) groups is 1. The van der Waals surface area contributed by atoms with Crippen molar-refractivity contribution in [2.75, 3.05) is 5.32 Å². The summed E-state index contributed by atoms with van der Waals surface area (Å²) in [6.45, 7) is 3.73. The van der Waals surface area contributed by atoms with Crippen molar-refractivity contribution in [2.24, 2.45) is 0 Å². The van der Waals surface area contributed by atoms with Crippen LogP contribution in [0.25, 0.3) is 5.69 Å². The van der Waals surface area contributed by atoms with Gasteiger partial charge in [-0.2, -0.15) is 5.10 Å². The first-order valence-corrected chi connectivity index (χ1v) is 6.30. The molecule has 0 saturated heterocycles. The summed E-state index contributed by atoms with van der Waals surface area (Å²) in [5.41, 5.74) is 3.77. The maximum absolute atomic E-state index is 12.1. The first-order chi connectivity index (χ1) is 10.1. The highest BCUT2D eigenvalue weighted by Crippen LogP contribution is 2.18. The minimum atomic E-state index is -0.198. The molecule has 106 valence electrons. The smallest absolute Gasteiger partial charge is 0.259 e. The zero-order valence-corrected chi connectivity index (χ0v) is 11.5. The number of carbonyl (C=O) groups excluding carboxylic acids is 1. The Bertz CT molecular complexity index is 776. The van der Waals surface area contributed by atoms with Gasteiger partial charge in [0.1, 0.15) is 6.33 Å². The van der Waals surface area contributed by atoms with E-state index in [1.54, 1.807) is 17.7 Å². The normalized spacial score (nSPS) is 10.6. The van der Waals surface area contributed by atoms with Crippen LogP contribution in [0.1, 0.15) is 21.6 Å². The number of amides is 1. The number of aromatic amines is 1. The minimum Gasteiger partial charge on any atom is -0.322 e. The largest absolute Gasteiger partial charge is 0.322 e. The lowest BCUT2D eigenvalue weighted by molar-refractivity contribution is 0.102. The number of nitrogens with one attached hydrogen (secondary N) is 2. The zero-order valence-electron chi connectivity index (χ0n) is 11.5. The summed E-state index contributed by atoms with van der Waals surface area (Å²) in [5, 5.41) is 20.5. The molecule has 0 saturated carbocycles. The van der Waals surface area contributed by atoms with Crippen molar-refractivity contribution in [3.8, 4) is 5.69 Å². The topological polar surface area (TPSA) is 101 Å². The Labute approximate surface area is 120 Å². The van der Waals surface area contributed by atoms with Crippen LogP contribution in [0.2, 0.25) is 0 Å². The Hall–Kier alpha value is -3.03. The van der Waals surface area contributed by atoms with Gasteiger partial charge in [0, 0.05) is 11.4 Å². The second kappa shape index (κ2) is 5.16. The van der Waals surface area contributed by atoms with E-state index in [-0.39, 0.29) is 5.91 Å². The molecule has 0 fully saturated rings. The number of benzene rings is 1. The molecule has 8 nitrogen and oxygen atoms in total. The fourth-order valence-electron chi connectivity index (χ4n) is 2.04.